The molecule has 3 aromatic rings. The number of hydrogen-bond donors (Lipinski definition) is 1. The van der Waals surface area contributed by atoms with Gasteiger partial charge in [-0.1, -0.05) is 0 Å². The maximum atomic E-state index is 12.9. The molecule has 2 aromatic carbocycles. The molecule has 2 amide bonds. The Balaban J connectivity index is 1.13. The summed E-state index contributed by atoms with van der Waals surface area (Å²) in [5, 5.41) is 4.00. The maximum Gasteiger partial charge on any atom is 0.321 e. The standard InChI is InChI=1S/C28H35N5O6S/c1-40(35,36)39-16-2-15-38-24-7-8-25-26(19-24)29-20-30-27(25)21-9-11-33(12-10-21)28(34)31-22-3-5-23(6-4-22)32-13-17-37-18-14-32/h3-8,19-21H,2,9-18H2,1H3,(H,31,34). The van der Waals surface area contributed by atoms with E-state index in [4.69, 9.17) is 13.7 Å². The van der Waals surface area contributed by atoms with E-state index in [2.05, 4.69) is 20.2 Å². The second-order valence-corrected chi connectivity index (χ2v) is 11.6. The van der Waals surface area contributed by atoms with Crippen molar-refractivity contribution in [1.82, 2.24) is 14.9 Å². The Morgan fingerprint density at radius 1 is 1.02 bits per heavy atom. The Bertz CT molecular complexity index is 1400. The molecule has 11 nitrogen and oxygen atoms in total. The number of aromatic nitrogens is 2. The Hall–Kier alpha value is -3.48. The fraction of sp³-hybridized carbons (Fsp3) is 0.464. The van der Waals surface area contributed by atoms with Crippen LogP contribution in [0.3, 0.4) is 0 Å². The van der Waals surface area contributed by atoms with Gasteiger partial charge in [-0.25, -0.2) is 14.8 Å². The summed E-state index contributed by atoms with van der Waals surface area (Å²) in [6.45, 7) is 4.93. The third kappa shape index (κ3) is 7.38. The Labute approximate surface area is 234 Å². The smallest absolute Gasteiger partial charge is 0.321 e. The van der Waals surface area contributed by atoms with Gasteiger partial charge in [0.05, 0.1) is 43.9 Å². The number of fused-ring (bicyclic) bond motifs is 1. The van der Waals surface area contributed by atoms with E-state index in [-0.39, 0.29) is 18.6 Å². The number of ether oxygens (including phenoxy) is 2. The van der Waals surface area contributed by atoms with E-state index in [0.29, 0.717) is 31.9 Å². The molecule has 1 N–H and O–H groups in total. The van der Waals surface area contributed by atoms with Crippen molar-refractivity contribution in [3.05, 3.63) is 54.5 Å². The second kappa shape index (κ2) is 12.8. The van der Waals surface area contributed by atoms with E-state index in [0.717, 1.165) is 73.4 Å². The maximum absolute atomic E-state index is 12.9. The molecule has 0 radical (unpaired) electrons. The normalized spacial score (nSPS) is 16.7. The van der Waals surface area contributed by atoms with Gasteiger partial charge in [-0.2, -0.15) is 8.42 Å². The number of piperidine rings is 1. The molecule has 0 saturated carbocycles. The molecule has 1 aromatic heterocycles. The Kier molecular flexibility index (Phi) is 8.98. The van der Waals surface area contributed by atoms with Crippen molar-refractivity contribution < 1.29 is 26.9 Å². The van der Waals surface area contributed by atoms with Crippen LogP contribution in [0.5, 0.6) is 5.75 Å². The van der Waals surface area contributed by atoms with Crippen molar-refractivity contribution in [3.8, 4) is 5.75 Å². The van der Waals surface area contributed by atoms with Gasteiger partial charge < -0.3 is 24.6 Å². The first kappa shape index (κ1) is 28.1. The van der Waals surface area contributed by atoms with Crippen LogP contribution >= 0.6 is 0 Å². The minimum atomic E-state index is -3.44. The van der Waals surface area contributed by atoms with Crippen LogP contribution in [0, 0.1) is 0 Å². The zero-order valence-corrected chi connectivity index (χ0v) is 23.4. The van der Waals surface area contributed by atoms with Gasteiger partial charge in [0.15, 0.2) is 0 Å². The molecule has 0 spiro atoms. The second-order valence-electron chi connectivity index (χ2n) is 10.0. The predicted octanol–water partition coefficient (Wildman–Crippen LogP) is 3.62. The van der Waals surface area contributed by atoms with Gasteiger partial charge in [0, 0.05) is 61.3 Å². The topological polar surface area (TPSA) is 123 Å². The number of likely N-dealkylation sites (tertiary alicyclic amines) is 1. The molecule has 5 rings (SSSR count). The molecular weight excluding hydrogens is 534 g/mol. The van der Waals surface area contributed by atoms with Gasteiger partial charge in [0.25, 0.3) is 10.1 Å². The molecule has 0 atom stereocenters. The summed E-state index contributed by atoms with van der Waals surface area (Å²) in [5.41, 5.74) is 3.69. The summed E-state index contributed by atoms with van der Waals surface area (Å²) in [4.78, 5) is 26.1. The number of rotatable bonds is 9. The summed E-state index contributed by atoms with van der Waals surface area (Å²) in [5.74, 6) is 0.878. The Morgan fingerprint density at radius 3 is 2.50 bits per heavy atom. The van der Waals surface area contributed by atoms with Crippen LogP contribution in [-0.2, 0) is 19.0 Å². The van der Waals surface area contributed by atoms with Crippen molar-refractivity contribution in [2.45, 2.75) is 25.2 Å². The highest BCUT2D eigenvalue weighted by molar-refractivity contribution is 7.85. The van der Waals surface area contributed by atoms with Crippen LogP contribution in [0.25, 0.3) is 10.9 Å². The van der Waals surface area contributed by atoms with Crippen molar-refractivity contribution in [2.75, 3.05) is 69.1 Å². The van der Waals surface area contributed by atoms with Gasteiger partial charge in [-0.15, -0.1) is 0 Å². The molecule has 2 saturated heterocycles. The molecule has 3 heterocycles. The van der Waals surface area contributed by atoms with Crippen LogP contribution in [0.2, 0.25) is 0 Å². The van der Waals surface area contributed by atoms with E-state index < -0.39 is 10.1 Å². The quantitative estimate of drug-likeness (QED) is 0.304. The SMILES string of the molecule is CS(=O)(=O)OCCCOc1ccc2c(C3CCN(C(=O)Nc4ccc(N5CCOCC5)cc4)CC3)ncnc2c1. The highest BCUT2D eigenvalue weighted by Gasteiger charge is 2.26. The van der Waals surface area contributed by atoms with Crippen molar-refractivity contribution >= 4 is 38.4 Å². The first-order valence-corrected chi connectivity index (χ1v) is 15.4. The fourth-order valence-electron chi connectivity index (χ4n) is 5.07. The van der Waals surface area contributed by atoms with Gasteiger partial charge >= 0.3 is 6.03 Å². The summed E-state index contributed by atoms with van der Waals surface area (Å²) in [7, 11) is -3.44. The van der Waals surface area contributed by atoms with Gasteiger partial charge in [-0.3, -0.25) is 4.18 Å². The average Bonchev–Trinajstić information content (AvgIpc) is 2.97. The van der Waals surface area contributed by atoms with E-state index in [1.165, 1.54) is 0 Å². The lowest BCUT2D eigenvalue weighted by Gasteiger charge is -2.32. The van der Waals surface area contributed by atoms with Gasteiger partial charge in [-0.05, 0) is 49.2 Å². The number of morpholine rings is 1. The molecule has 0 aliphatic carbocycles. The number of benzene rings is 2. The number of urea groups is 1. The molecule has 2 aliphatic heterocycles. The highest BCUT2D eigenvalue weighted by atomic mass is 32.2. The largest absolute Gasteiger partial charge is 0.493 e. The van der Waals surface area contributed by atoms with Crippen LogP contribution < -0.4 is 15.0 Å². The van der Waals surface area contributed by atoms with Crippen LogP contribution in [0.1, 0.15) is 30.9 Å². The number of anilines is 2. The predicted molar refractivity (Wildman–Crippen MR) is 152 cm³/mol. The van der Waals surface area contributed by atoms with E-state index in [1.54, 1.807) is 6.33 Å². The number of nitrogens with one attached hydrogen (secondary N) is 1. The number of nitrogens with zero attached hydrogens (tertiary/aromatic N) is 4. The Morgan fingerprint density at radius 2 is 1.77 bits per heavy atom. The summed E-state index contributed by atoms with van der Waals surface area (Å²) < 4.78 is 38.0. The van der Waals surface area contributed by atoms with E-state index in [1.807, 2.05) is 47.4 Å². The molecule has 214 valence electrons. The molecule has 0 unspecified atom stereocenters. The summed E-state index contributed by atoms with van der Waals surface area (Å²) >= 11 is 0. The molecular formula is C28H35N5O6S. The molecule has 40 heavy (non-hydrogen) atoms. The first-order valence-electron chi connectivity index (χ1n) is 13.6. The number of carbonyl (C=O) groups excluding carboxylic acids is 1. The number of hydrogen-bond acceptors (Lipinski definition) is 9. The van der Waals surface area contributed by atoms with E-state index in [9.17, 15) is 13.2 Å². The van der Waals surface area contributed by atoms with Crippen molar-refractivity contribution in [1.29, 1.82) is 0 Å². The zero-order valence-electron chi connectivity index (χ0n) is 22.6. The van der Waals surface area contributed by atoms with Crippen LogP contribution in [0.4, 0.5) is 16.2 Å². The molecule has 2 fully saturated rings. The van der Waals surface area contributed by atoms with Crippen LogP contribution in [0.15, 0.2) is 48.8 Å². The van der Waals surface area contributed by atoms with Crippen LogP contribution in [-0.4, -0.2) is 88.2 Å². The lowest BCUT2D eigenvalue weighted by atomic mass is 9.91. The fourth-order valence-corrected chi connectivity index (χ4v) is 5.49. The minimum Gasteiger partial charge on any atom is -0.493 e. The molecule has 12 heteroatoms. The van der Waals surface area contributed by atoms with E-state index >= 15 is 0 Å². The average molecular weight is 570 g/mol. The van der Waals surface area contributed by atoms with Gasteiger partial charge in [0.2, 0.25) is 0 Å². The van der Waals surface area contributed by atoms with Crippen molar-refractivity contribution in [2.24, 2.45) is 0 Å². The third-order valence-electron chi connectivity index (χ3n) is 7.16. The number of amides is 2. The first-order chi connectivity index (χ1) is 19.4. The minimum absolute atomic E-state index is 0.0800. The lowest BCUT2D eigenvalue weighted by molar-refractivity contribution is 0.122. The zero-order chi connectivity index (χ0) is 28.0. The highest BCUT2D eigenvalue weighted by Crippen LogP contribution is 2.32. The monoisotopic (exact) mass is 569 g/mol. The third-order valence-corrected chi connectivity index (χ3v) is 7.75. The molecule has 0 bridgehead atoms. The van der Waals surface area contributed by atoms with Gasteiger partial charge in [0.1, 0.15) is 12.1 Å². The summed E-state index contributed by atoms with van der Waals surface area (Å²) in [6, 6.07) is 13.6. The van der Waals surface area contributed by atoms with Crippen molar-refractivity contribution in [3.63, 3.8) is 0 Å². The number of carbonyl (C=O) groups is 1. The lowest BCUT2D eigenvalue weighted by Crippen LogP contribution is -2.40. The summed E-state index contributed by atoms with van der Waals surface area (Å²) in [6.07, 6.45) is 4.68. The molecule has 2 aliphatic rings.